The van der Waals surface area contributed by atoms with E-state index in [0.29, 0.717) is 6.04 Å². The Labute approximate surface area is 90.9 Å². The molecule has 1 saturated heterocycles. The molecule has 1 aliphatic heterocycles. The molecule has 0 aliphatic carbocycles. The maximum Gasteiger partial charge on any atom is 0.0516 e. The lowest BCUT2D eigenvalue weighted by Crippen LogP contribution is -2.29. The summed E-state index contributed by atoms with van der Waals surface area (Å²) in [5, 5.41) is 4.31. The van der Waals surface area contributed by atoms with Crippen LogP contribution in [0.4, 0.5) is 0 Å². The maximum absolute atomic E-state index is 6.07. The van der Waals surface area contributed by atoms with Gasteiger partial charge in [-0.15, -0.1) is 0 Å². The fourth-order valence-corrected chi connectivity index (χ4v) is 3.51. The molecule has 2 nitrogen and oxygen atoms in total. The molecule has 2 N–H and O–H groups in total. The second kappa shape index (κ2) is 3.69. The molecule has 0 radical (unpaired) electrons. The van der Waals surface area contributed by atoms with Gasteiger partial charge in [0.25, 0.3) is 0 Å². The summed E-state index contributed by atoms with van der Waals surface area (Å²) in [6.45, 7) is 1.11. The van der Waals surface area contributed by atoms with Crippen molar-refractivity contribution < 1.29 is 0 Å². The third-order valence-corrected chi connectivity index (χ3v) is 4.41. The van der Waals surface area contributed by atoms with Crippen molar-refractivity contribution in [2.45, 2.75) is 18.5 Å². The van der Waals surface area contributed by atoms with Crippen LogP contribution >= 0.6 is 27.3 Å². The highest BCUT2D eigenvalue weighted by molar-refractivity contribution is 9.10. The van der Waals surface area contributed by atoms with E-state index in [0.717, 1.165) is 13.0 Å². The first kappa shape index (κ1) is 9.65. The highest BCUT2D eigenvalue weighted by atomic mass is 79.9. The first-order chi connectivity index (χ1) is 6.20. The molecule has 72 valence electrons. The zero-order valence-electron chi connectivity index (χ0n) is 7.53. The molecule has 0 aromatic carbocycles. The zero-order chi connectivity index (χ0) is 9.42. The van der Waals surface area contributed by atoms with E-state index in [-0.39, 0.29) is 6.04 Å². The van der Waals surface area contributed by atoms with Crippen molar-refractivity contribution in [3.8, 4) is 0 Å². The summed E-state index contributed by atoms with van der Waals surface area (Å²) >= 11 is 5.29. The Morgan fingerprint density at radius 1 is 1.62 bits per heavy atom. The number of rotatable bonds is 1. The average Bonchev–Trinajstić information content (AvgIpc) is 2.60. The summed E-state index contributed by atoms with van der Waals surface area (Å²) in [4.78, 5) is 2.33. The Hall–Kier alpha value is 0.100. The summed E-state index contributed by atoms with van der Waals surface area (Å²) in [7, 11) is 2.14. The van der Waals surface area contributed by atoms with Gasteiger partial charge in [-0.25, -0.2) is 0 Å². The highest BCUT2D eigenvalue weighted by Gasteiger charge is 2.31. The zero-order valence-corrected chi connectivity index (χ0v) is 9.94. The molecule has 0 bridgehead atoms. The Balaban J connectivity index is 2.29. The minimum Gasteiger partial charge on any atom is -0.326 e. The van der Waals surface area contributed by atoms with Crippen LogP contribution in [0.5, 0.6) is 0 Å². The summed E-state index contributed by atoms with van der Waals surface area (Å²) in [5.41, 5.74) is 7.42. The molecule has 0 spiro atoms. The molecular formula is C9H13BrN2S. The quantitative estimate of drug-likeness (QED) is 0.839. The van der Waals surface area contributed by atoms with Crippen LogP contribution in [0, 0.1) is 0 Å². The van der Waals surface area contributed by atoms with Gasteiger partial charge in [-0.1, -0.05) is 0 Å². The largest absolute Gasteiger partial charge is 0.326 e. The molecule has 1 aromatic rings. The molecule has 2 unspecified atom stereocenters. The van der Waals surface area contributed by atoms with E-state index < -0.39 is 0 Å². The molecule has 2 atom stereocenters. The summed E-state index contributed by atoms with van der Waals surface area (Å²) in [5.74, 6) is 0. The SMILES string of the molecule is CN1CCC(N)C1c1cscc1Br. The van der Waals surface area contributed by atoms with E-state index in [4.69, 9.17) is 5.73 Å². The van der Waals surface area contributed by atoms with Crippen molar-refractivity contribution >= 4 is 27.3 Å². The number of thiophene rings is 1. The number of nitrogens with zero attached hydrogens (tertiary/aromatic N) is 1. The van der Waals surface area contributed by atoms with Crippen molar-refractivity contribution in [3.05, 3.63) is 20.8 Å². The lowest BCUT2D eigenvalue weighted by molar-refractivity contribution is 0.304. The minimum absolute atomic E-state index is 0.288. The minimum atomic E-state index is 0.288. The van der Waals surface area contributed by atoms with Gasteiger partial charge in [-0.3, -0.25) is 4.90 Å². The van der Waals surface area contributed by atoms with Gasteiger partial charge in [-0.05, 0) is 40.3 Å². The van der Waals surface area contributed by atoms with E-state index in [1.807, 2.05) is 0 Å². The summed E-state index contributed by atoms with van der Waals surface area (Å²) in [6, 6.07) is 0.691. The van der Waals surface area contributed by atoms with E-state index >= 15 is 0 Å². The van der Waals surface area contributed by atoms with Gasteiger partial charge in [0, 0.05) is 22.4 Å². The predicted molar refractivity (Wildman–Crippen MR) is 60.0 cm³/mol. The molecule has 1 aliphatic rings. The lowest BCUT2D eigenvalue weighted by atomic mass is 10.0. The fraction of sp³-hybridized carbons (Fsp3) is 0.556. The molecule has 13 heavy (non-hydrogen) atoms. The number of hydrogen-bond acceptors (Lipinski definition) is 3. The van der Waals surface area contributed by atoms with Crippen LogP contribution < -0.4 is 5.73 Å². The van der Waals surface area contributed by atoms with Gasteiger partial charge >= 0.3 is 0 Å². The van der Waals surface area contributed by atoms with Crippen LogP contribution in [0.15, 0.2) is 15.2 Å². The van der Waals surface area contributed by atoms with E-state index in [2.05, 4.69) is 38.6 Å². The fourth-order valence-electron chi connectivity index (χ4n) is 1.95. The predicted octanol–water partition coefficient (Wildman–Crippen LogP) is 2.21. The summed E-state index contributed by atoms with van der Waals surface area (Å²) < 4.78 is 1.20. The van der Waals surface area contributed by atoms with Gasteiger partial charge < -0.3 is 5.73 Å². The van der Waals surface area contributed by atoms with Crippen molar-refractivity contribution in [2.24, 2.45) is 5.73 Å². The molecule has 2 rings (SSSR count). The third kappa shape index (κ3) is 1.68. The van der Waals surface area contributed by atoms with Gasteiger partial charge in [0.15, 0.2) is 0 Å². The second-order valence-corrected chi connectivity index (χ2v) is 5.15. The number of halogens is 1. The van der Waals surface area contributed by atoms with Crippen LogP contribution in [0.25, 0.3) is 0 Å². The molecule has 1 fully saturated rings. The Morgan fingerprint density at radius 2 is 2.38 bits per heavy atom. The standard InChI is InChI=1S/C9H13BrN2S/c1-12-3-2-8(11)9(12)6-4-13-5-7(6)10/h4-5,8-9H,2-3,11H2,1H3. The van der Waals surface area contributed by atoms with Gasteiger partial charge in [0.05, 0.1) is 6.04 Å². The number of likely N-dealkylation sites (N-methyl/N-ethyl adjacent to an activating group) is 1. The number of nitrogens with two attached hydrogens (primary N) is 1. The van der Waals surface area contributed by atoms with Gasteiger partial charge in [-0.2, -0.15) is 11.3 Å². The van der Waals surface area contributed by atoms with Crippen molar-refractivity contribution in [1.82, 2.24) is 4.90 Å². The molecular weight excluding hydrogens is 248 g/mol. The van der Waals surface area contributed by atoms with Crippen molar-refractivity contribution in [3.63, 3.8) is 0 Å². The van der Waals surface area contributed by atoms with Crippen molar-refractivity contribution in [1.29, 1.82) is 0 Å². The topological polar surface area (TPSA) is 29.3 Å². The van der Waals surface area contributed by atoms with E-state index in [1.54, 1.807) is 11.3 Å². The normalized spacial score (nSPS) is 29.8. The monoisotopic (exact) mass is 260 g/mol. The highest BCUT2D eigenvalue weighted by Crippen LogP contribution is 2.35. The molecule has 4 heteroatoms. The van der Waals surface area contributed by atoms with Crippen LogP contribution in [0.3, 0.4) is 0 Å². The van der Waals surface area contributed by atoms with Crippen molar-refractivity contribution in [2.75, 3.05) is 13.6 Å². The second-order valence-electron chi connectivity index (χ2n) is 3.55. The van der Waals surface area contributed by atoms with Gasteiger partial charge in [0.1, 0.15) is 0 Å². The number of likely N-dealkylation sites (tertiary alicyclic amines) is 1. The van der Waals surface area contributed by atoms with E-state index in [9.17, 15) is 0 Å². The lowest BCUT2D eigenvalue weighted by Gasteiger charge is -2.22. The molecule has 1 aromatic heterocycles. The smallest absolute Gasteiger partial charge is 0.0516 e. The van der Waals surface area contributed by atoms with Crippen LogP contribution in [-0.4, -0.2) is 24.5 Å². The first-order valence-corrected chi connectivity index (χ1v) is 6.11. The average molecular weight is 261 g/mol. The Kier molecular flexibility index (Phi) is 2.74. The van der Waals surface area contributed by atoms with Crippen LogP contribution in [0.1, 0.15) is 18.0 Å². The Bertz CT molecular complexity index is 290. The van der Waals surface area contributed by atoms with Crippen LogP contribution in [-0.2, 0) is 0 Å². The summed E-state index contributed by atoms with van der Waals surface area (Å²) in [6.07, 6.45) is 1.10. The molecule has 0 amide bonds. The Morgan fingerprint density at radius 3 is 2.85 bits per heavy atom. The number of hydrogen-bond donors (Lipinski definition) is 1. The molecule has 2 heterocycles. The molecule has 0 saturated carbocycles. The van der Waals surface area contributed by atoms with Gasteiger partial charge in [0.2, 0.25) is 0 Å². The maximum atomic E-state index is 6.07. The van der Waals surface area contributed by atoms with Crippen LogP contribution in [0.2, 0.25) is 0 Å². The third-order valence-electron chi connectivity index (χ3n) is 2.66. The first-order valence-electron chi connectivity index (χ1n) is 4.37. The van der Waals surface area contributed by atoms with E-state index in [1.165, 1.54) is 10.0 Å².